The summed E-state index contributed by atoms with van der Waals surface area (Å²) in [5.74, 6) is 0.406. The van der Waals surface area contributed by atoms with Gasteiger partial charge in [0, 0.05) is 37.7 Å². The molecule has 3 N–H and O–H groups in total. The van der Waals surface area contributed by atoms with Gasteiger partial charge in [-0.05, 0) is 13.3 Å². The smallest absolute Gasteiger partial charge is 0.0933 e. The third-order valence-corrected chi connectivity index (χ3v) is 3.84. The highest BCUT2D eigenvalue weighted by molar-refractivity contribution is 4.84. The average molecular weight is 244 g/mol. The minimum Gasteiger partial charge on any atom is -0.394 e. The van der Waals surface area contributed by atoms with Gasteiger partial charge in [-0.15, -0.1) is 0 Å². The maximum Gasteiger partial charge on any atom is 0.0933 e. The molecule has 0 spiro atoms. The number of morpholine rings is 1. The van der Waals surface area contributed by atoms with E-state index in [0.29, 0.717) is 18.6 Å². The first-order valence-corrected chi connectivity index (χ1v) is 6.50. The first-order valence-electron chi connectivity index (χ1n) is 6.50. The van der Waals surface area contributed by atoms with Crippen LogP contribution in [-0.4, -0.2) is 67.7 Å². The fourth-order valence-electron chi connectivity index (χ4n) is 2.54. The van der Waals surface area contributed by atoms with Crippen molar-refractivity contribution in [2.24, 2.45) is 11.7 Å². The summed E-state index contributed by atoms with van der Waals surface area (Å²) in [7, 11) is 0. The fourth-order valence-corrected chi connectivity index (χ4v) is 2.54. The number of aliphatic hydroxyl groups is 1. The van der Waals surface area contributed by atoms with Gasteiger partial charge in [0.1, 0.15) is 0 Å². The van der Waals surface area contributed by atoms with Gasteiger partial charge in [0.15, 0.2) is 0 Å². The molecule has 0 aromatic heterocycles. The Kier molecular flexibility index (Phi) is 4.76. The van der Waals surface area contributed by atoms with Crippen molar-refractivity contribution < 1.29 is 14.6 Å². The SMILES string of the molecule is CC1COC(CO)CN1CC1COCCC1N. The maximum atomic E-state index is 9.15. The summed E-state index contributed by atoms with van der Waals surface area (Å²) in [5, 5.41) is 9.15. The van der Waals surface area contributed by atoms with E-state index in [9.17, 15) is 0 Å². The molecule has 0 aromatic rings. The lowest BCUT2D eigenvalue weighted by Crippen LogP contribution is -2.54. The number of nitrogens with two attached hydrogens (primary N) is 1. The van der Waals surface area contributed by atoms with Crippen molar-refractivity contribution in [3.05, 3.63) is 0 Å². The van der Waals surface area contributed by atoms with E-state index in [-0.39, 0.29) is 18.8 Å². The minimum atomic E-state index is -0.0491. The van der Waals surface area contributed by atoms with E-state index in [1.54, 1.807) is 0 Å². The summed E-state index contributed by atoms with van der Waals surface area (Å²) in [6.07, 6.45) is 0.902. The van der Waals surface area contributed by atoms with Crippen LogP contribution < -0.4 is 5.73 Å². The van der Waals surface area contributed by atoms with Gasteiger partial charge in [0.25, 0.3) is 0 Å². The number of aliphatic hydroxyl groups excluding tert-OH is 1. The molecular formula is C12H24N2O3. The van der Waals surface area contributed by atoms with Gasteiger partial charge in [0.05, 0.1) is 25.9 Å². The lowest BCUT2D eigenvalue weighted by Gasteiger charge is -2.41. The van der Waals surface area contributed by atoms with Crippen LogP contribution in [0.5, 0.6) is 0 Å². The highest BCUT2D eigenvalue weighted by Gasteiger charge is 2.30. The van der Waals surface area contributed by atoms with Crippen LogP contribution in [0.2, 0.25) is 0 Å². The Morgan fingerprint density at radius 1 is 1.41 bits per heavy atom. The molecule has 2 fully saturated rings. The van der Waals surface area contributed by atoms with E-state index < -0.39 is 0 Å². The molecule has 5 nitrogen and oxygen atoms in total. The first kappa shape index (κ1) is 13.2. The van der Waals surface area contributed by atoms with E-state index in [1.165, 1.54) is 0 Å². The first-order chi connectivity index (χ1) is 8.20. The Labute approximate surface area is 103 Å². The molecule has 2 heterocycles. The Balaban J connectivity index is 1.87. The summed E-state index contributed by atoms with van der Waals surface area (Å²) < 4.78 is 11.0. The van der Waals surface area contributed by atoms with Gasteiger partial charge in [-0.1, -0.05) is 0 Å². The summed E-state index contributed by atoms with van der Waals surface area (Å²) in [6, 6.07) is 0.637. The maximum absolute atomic E-state index is 9.15. The summed E-state index contributed by atoms with van der Waals surface area (Å²) in [4.78, 5) is 2.36. The Hall–Kier alpha value is -0.200. The van der Waals surface area contributed by atoms with Crippen LogP contribution in [0, 0.1) is 5.92 Å². The Bertz CT molecular complexity index is 240. The van der Waals surface area contributed by atoms with Crippen molar-refractivity contribution in [3.8, 4) is 0 Å². The van der Waals surface area contributed by atoms with Crippen LogP contribution in [0.1, 0.15) is 13.3 Å². The molecule has 0 radical (unpaired) electrons. The van der Waals surface area contributed by atoms with E-state index in [0.717, 1.165) is 32.7 Å². The highest BCUT2D eigenvalue weighted by Crippen LogP contribution is 2.18. The monoisotopic (exact) mass is 244 g/mol. The molecule has 4 atom stereocenters. The normalized spacial score (nSPS) is 40.4. The molecule has 4 unspecified atom stereocenters. The zero-order valence-corrected chi connectivity index (χ0v) is 10.5. The van der Waals surface area contributed by atoms with Gasteiger partial charge < -0.3 is 20.3 Å². The number of rotatable bonds is 3. The van der Waals surface area contributed by atoms with Gasteiger partial charge in [0.2, 0.25) is 0 Å². The van der Waals surface area contributed by atoms with E-state index in [1.807, 2.05) is 0 Å². The molecule has 0 bridgehead atoms. The molecule has 0 aromatic carbocycles. The lowest BCUT2D eigenvalue weighted by atomic mass is 9.95. The van der Waals surface area contributed by atoms with Gasteiger partial charge in [-0.25, -0.2) is 0 Å². The fraction of sp³-hybridized carbons (Fsp3) is 1.00. The van der Waals surface area contributed by atoms with Crippen molar-refractivity contribution in [1.29, 1.82) is 0 Å². The van der Waals surface area contributed by atoms with Crippen LogP contribution in [0.3, 0.4) is 0 Å². The second kappa shape index (κ2) is 6.11. The molecule has 5 heteroatoms. The standard InChI is InChI=1S/C12H24N2O3/c1-9-7-17-11(6-15)5-14(9)4-10-8-16-3-2-12(10)13/h9-12,15H,2-8,13H2,1H3. The number of hydrogen-bond donors (Lipinski definition) is 2. The van der Waals surface area contributed by atoms with Crippen molar-refractivity contribution in [2.75, 3.05) is 39.5 Å². The van der Waals surface area contributed by atoms with Crippen molar-refractivity contribution in [2.45, 2.75) is 31.5 Å². The molecule has 0 amide bonds. The molecule has 2 saturated heterocycles. The van der Waals surface area contributed by atoms with E-state index in [2.05, 4.69) is 11.8 Å². The predicted octanol–water partition coefficient (Wildman–Crippen LogP) is -0.568. The molecule has 2 aliphatic rings. The second-order valence-electron chi connectivity index (χ2n) is 5.23. The third-order valence-electron chi connectivity index (χ3n) is 3.84. The predicted molar refractivity (Wildman–Crippen MR) is 64.8 cm³/mol. The Morgan fingerprint density at radius 3 is 2.94 bits per heavy atom. The largest absolute Gasteiger partial charge is 0.394 e. The quantitative estimate of drug-likeness (QED) is 0.696. The zero-order chi connectivity index (χ0) is 12.3. The van der Waals surface area contributed by atoms with Crippen molar-refractivity contribution in [1.82, 2.24) is 4.90 Å². The van der Waals surface area contributed by atoms with Gasteiger partial charge in [-0.3, -0.25) is 4.90 Å². The number of ether oxygens (including phenoxy) is 2. The zero-order valence-electron chi connectivity index (χ0n) is 10.5. The summed E-state index contributed by atoms with van der Waals surface area (Å²) >= 11 is 0. The number of nitrogens with zero attached hydrogens (tertiary/aromatic N) is 1. The van der Waals surface area contributed by atoms with Crippen molar-refractivity contribution >= 4 is 0 Å². The molecule has 17 heavy (non-hydrogen) atoms. The second-order valence-corrected chi connectivity index (χ2v) is 5.23. The number of hydrogen-bond acceptors (Lipinski definition) is 5. The molecule has 0 saturated carbocycles. The van der Waals surface area contributed by atoms with Crippen LogP contribution in [-0.2, 0) is 9.47 Å². The molecule has 2 rings (SSSR count). The molecule has 2 aliphatic heterocycles. The molecule has 0 aliphatic carbocycles. The van der Waals surface area contributed by atoms with Gasteiger partial charge in [-0.2, -0.15) is 0 Å². The van der Waals surface area contributed by atoms with E-state index >= 15 is 0 Å². The van der Waals surface area contributed by atoms with Crippen LogP contribution in [0.25, 0.3) is 0 Å². The van der Waals surface area contributed by atoms with Crippen LogP contribution in [0.15, 0.2) is 0 Å². The van der Waals surface area contributed by atoms with Crippen LogP contribution >= 0.6 is 0 Å². The minimum absolute atomic E-state index is 0.0491. The molecular weight excluding hydrogens is 220 g/mol. The summed E-state index contributed by atoms with van der Waals surface area (Å²) in [6.45, 7) is 6.22. The van der Waals surface area contributed by atoms with Crippen LogP contribution in [0.4, 0.5) is 0 Å². The van der Waals surface area contributed by atoms with Gasteiger partial charge >= 0.3 is 0 Å². The average Bonchev–Trinajstić information content (AvgIpc) is 2.35. The summed E-state index contributed by atoms with van der Waals surface area (Å²) in [5.41, 5.74) is 6.12. The Morgan fingerprint density at radius 2 is 2.24 bits per heavy atom. The van der Waals surface area contributed by atoms with E-state index in [4.69, 9.17) is 20.3 Å². The topological polar surface area (TPSA) is 68.0 Å². The highest BCUT2D eigenvalue weighted by atomic mass is 16.5. The lowest BCUT2D eigenvalue weighted by molar-refractivity contribution is -0.0884. The molecule has 100 valence electrons. The third kappa shape index (κ3) is 3.39. The van der Waals surface area contributed by atoms with Crippen molar-refractivity contribution in [3.63, 3.8) is 0 Å².